The van der Waals surface area contributed by atoms with Crippen molar-refractivity contribution < 1.29 is 4.74 Å². The Labute approximate surface area is 120 Å². The summed E-state index contributed by atoms with van der Waals surface area (Å²) in [5.74, 6) is 0.858. The molecule has 102 valence electrons. The lowest BCUT2D eigenvalue weighted by Gasteiger charge is -2.21. The van der Waals surface area contributed by atoms with Crippen LogP contribution in [0.5, 0.6) is 5.75 Å². The van der Waals surface area contributed by atoms with Crippen molar-refractivity contribution >= 4 is 5.69 Å². The van der Waals surface area contributed by atoms with Crippen molar-refractivity contribution in [2.24, 2.45) is 0 Å². The lowest BCUT2D eigenvalue weighted by atomic mass is 10.1. The summed E-state index contributed by atoms with van der Waals surface area (Å²) in [5.41, 5.74) is 4.21. The van der Waals surface area contributed by atoms with Crippen molar-refractivity contribution in [2.45, 2.75) is 13.5 Å². The number of rotatable bonds is 4. The van der Waals surface area contributed by atoms with E-state index in [2.05, 4.69) is 18.0 Å². The molecule has 0 radical (unpaired) electrons. The molecule has 2 aromatic carbocycles. The number of hydrogen-bond donors (Lipinski definition) is 0. The molecular weight excluding hydrogens is 248 g/mol. The van der Waals surface area contributed by atoms with E-state index in [4.69, 9.17) is 10.00 Å². The highest BCUT2D eigenvalue weighted by Gasteiger charge is 2.05. The normalized spacial score (nSPS) is 9.90. The zero-order chi connectivity index (χ0) is 14.5. The fourth-order valence-corrected chi connectivity index (χ4v) is 2.13. The first-order valence-corrected chi connectivity index (χ1v) is 6.49. The molecule has 2 aromatic rings. The van der Waals surface area contributed by atoms with Gasteiger partial charge in [0, 0.05) is 19.3 Å². The van der Waals surface area contributed by atoms with E-state index in [1.54, 1.807) is 7.11 Å². The number of nitriles is 1. The number of anilines is 1. The molecule has 3 nitrogen and oxygen atoms in total. The zero-order valence-electron chi connectivity index (χ0n) is 12.1. The van der Waals surface area contributed by atoms with Gasteiger partial charge in [0.05, 0.1) is 18.7 Å². The van der Waals surface area contributed by atoms with Crippen LogP contribution in [0.3, 0.4) is 0 Å². The summed E-state index contributed by atoms with van der Waals surface area (Å²) in [7, 11) is 3.72. The van der Waals surface area contributed by atoms with Gasteiger partial charge in [0.2, 0.25) is 0 Å². The average molecular weight is 266 g/mol. The summed E-state index contributed by atoms with van der Waals surface area (Å²) >= 11 is 0. The number of hydrogen-bond acceptors (Lipinski definition) is 3. The van der Waals surface area contributed by atoms with E-state index in [1.165, 1.54) is 5.56 Å². The summed E-state index contributed by atoms with van der Waals surface area (Å²) in [6.45, 7) is 2.85. The number of nitrogens with zero attached hydrogens (tertiary/aromatic N) is 2. The maximum absolute atomic E-state index is 8.89. The fourth-order valence-electron chi connectivity index (χ4n) is 2.13. The lowest BCUT2D eigenvalue weighted by molar-refractivity contribution is 0.415. The fraction of sp³-hybridized carbons (Fsp3) is 0.235. The standard InChI is InChI=1S/C17H18N2O/c1-13-10-14(11-18)4-5-15(13)12-19(2)16-6-8-17(20-3)9-7-16/h4-10H,12H2,1-3H3. The third kappa shape index (κ3) is 3.10. The largest absolute Gasteiger partial charge is 0.497 e. The van der Waals surface area contributed by atoms with E-state index < -0.39 is 0 Å². The molecule has 0 aliphatic heterocycles. The lowest BCUT2D eigenvalue weighted by Crippen LogP contribution is -2.16. The molecule has 0 spiro atoms. The topological polar surface area (TPSA) is 36.3 Å². The van der Waals surface area contributed by atoms with Gasteiger partial charge in [-0.2, -0.15) is 5.26 Å². The maximum Gasteiger partial charge on any atom is 0.119 e. The maximum atomic E-state index is 8.89. The van der Waals surface area contributed by atoms with E-state index in [0.29, 0.717) is 5.56 Å². The summed E-state index contributed by atoms with van der Waals surface area (Å²) in [6.07, 6.45) is 0. The van der Waals surface area contributed by atoms with Gasteiger partial charge in [0.25, 0.3) is 0 Å². The molecule has 2 rings (SSSR count). The Balaban J connectivity index is 2.14. The zero-order valence-corrected chi connectivity index (χ0v) is 12.1. The molecule has 0 atom stereocenters. The van der Waals surface area contributed by atoms with Crippen molar-refractivity contribution in [1.29, 1.82) is 5.26 Å². The van der Waals surface area contributed by atoms with Crippen molar-refractivity contribution in [3.05, 3.63) is 59.2 Å². The SMILES string of the molecule is COc1ccc(N(C)Cc2ccc(C#N)cc2C)cc1. The summed E-state index contributed by atoms with van der Waals surface area (Å²) < 4.78 is 5.16. The molecule has 0 bridgehead atoms. The first-order chi connectivity index (χ1) is 9.63. The van der Waals surface area contributed by atoms with Crippen LogP contribution in [0.2, 0.25) is 0 Å². The Morgan fingerprint density at radius 2 is 1.85 bits per heavy atom. The average Bonchev–Trinajstić information content (AvgIpc) is 2.49. The van der Waals surface area contributed by atoms with Gasteiger partial charge < -0.3 is 9.64 Å². The van der Waals surface area contributed by atoms with Crippen LogP contribution in [0.1, 0.15) is 16.7 Å². The van der Waals surface area contributed by atoms with Gasteiger partial charge in [-0.1, -0.05) is 6.07 Å². The van der Waals surface area contributed by atoms with Gasteiger partial charge in [-0.05, 0) is 54.4 Å². The molecule has 0 unspecified atom stereocenters. The van der Waals surface area contributed by atoms with Crippen LogP contribution < -0.4 is 9.64 Å². The number of aryl methyl sites for hydroxylation is 1. The minimum Gasteiger partial charge on any atom is -0.497 e. The van der Waals surface area contributed by atoms with Gasteiger partial charge in [0.15, 0.2) is 0 Å². The third-order valence-electron chi connectivity index (χ3n) is 3.39. The molecular formula is C17H18N2O. The molecule has 0 fully saturated rings. The van der Waals surface area contributed by atoms with Gasteiger partial charge in [-0.15, -0.1) is 0 Å². The van der Waals surface area contributed by atoms with Gasteiger partial charge in [0.1, 0.15) is 5.75 Å². The monoisotopic (exact) mass is 266 g/mol. The van der Waals surface area contributed by atoms with Crippen LogP contribution in [0, 0.1) is 18.3 Å². The predicted octanol–water partition coefficient (Wildman–Crippen LogP) is 3.51. The predicted molar refractivity (Wildman–Crippen MR) is 81.0 cm³/mol. The Bertz CT molecular complexity index is 626. The van der Waals surface area contributed by atoms with Crippen LogP contribution >= 0.6 is 0 Å². The molecule has 3 heteroatoms. The number of ether oxygens (including phenoxy) is 1. The number of benzene rings is 2. The van der Waals surface area contributed by atoms with Crippen LogP contribution in [0.4, 0.5) is 5.69 Å². The first-order valence-electron chi connectivity index (χ1n) is 6.49. The molecule has 20 heavy (non-hydrogen) atoms. The highest BCUT2D eigenvalue weighted by molar-refractivity contribution is 5.49. The Kier molecular flexibility index (Phi) is 4.27. The minimum atomic E-state index is 0.707. The van der Waals surface area contributed by atoms with Crippen LogP contribution in [0.25, 0.3) is 0 Å². The smallest absolute Gasteiger partial charge is 0.119 e. The summed E-state index contributed by atoms with van der Waals surface area (Å²) in [4.78, 5) is 2.17. The molecule has 0 aliphatic rings. The summed E-state index contributed by atoms with van der Waals surface area (Å²) in [5, 5.41) is 8.89. The molecule has 0 N–H and O–H groups in total. The molecule has 0 heterocycles. The van der Waals surface area contributed by atoms with Crippen molar-refractivity contribution in [1.82, 2.24) is 0 Å². The van der Waals surface area contributed by atoms with Crippen molar-refractivity contribution in [3.8, 4) is 11.8 Å². The Morgan fingerprint density at radius 3 is 2.40 bits per heavy atom. The van der Waals surface area contributed by atoms with E-state index in [9.17, 15) is 0 Å². The van der Waals surface area contributed by atoms with E-state index in [1.807, 2.05) is 49.4 Å². The molecule has 0 aromatic heterocycles. The van der Waals surface area contributed by atoms with Crippen LogP contribution in [-0.4, -0.2) is 14.2 Å². The van der Waals surface area contributed by atoms with E-state index >= 15 is 0 Å². The molecule has 0 saturated heterocycles. The highest BCUT2D eigenvalue weighted by Crippen LogP contribution is 2.21. The highest BCUT2D eigenvalue weighted by atomic mass is 16.5. The van der Waals surface area contributed by atoms with Gasteiger partial charge >= 0.3 is 0 Å². The van der Waals surface area contributed by atoms with Gasteiger partial charge in [-0.25, -0.2) is 0 Å². The van der Waals surface area contributed by atoms with Crippen molar-refractivity contribution in [3.63, 3.8) is 0 Å². The van der Waals surface area contributed by atoms with E-state index in [-0.39, 0.29) is 0 Å². The second-order valence-electron chi connectivity index (χ2n) is 4.81. The quantitative estimate of drug-likeness (QED) is 0.849. The van der Waals surface area contributed by atoms with E-state index in [0.717, 1.165) is 23.5 Å². The summed E-state index contributed by atoms with van der Waals surface area (Å²) in [6, 6.07) is 16.0. The van der Waals surface area contributed by atoms with Crippen molar-refractivity contribution in [2.75, 3.05) is 19.1 Å². The first kappa shape index (κ1) is 14.0. The number of methoxy groups -OCH3 is 1. The van der Waals surface area contributed by atoms with Crippen LogP contribution in [-0.2, 0) is 6.54 Å². The molecule has 0 amide bonds. The second kappa shape index (κ2) is 6.12. The van der Waals surface area contributed by atoms with Gasteiger partial charge in [-0.3, -0.25) is 0 Å². The Morgan fingerprint density at radius 1 is 1.15 bits per heavy atom. The molecule has 0 saturated carbocycles. The second-order valence-corrected chi connectivity index (χ2v) is 4.81. The van der Waals surface area contributed by atoms with Crippen LogP contribution in [0.15, 0.2) is 42.5 Å². The molecule has 0 aliphatic carbocycles. The third-order valence-corrected chi connectivity index (χ3v) is 3.39. The Hall–Kier alpha value is -2.47. The minimum absolute atomic E-state index is 0.707.